The van der Waals surface area contributed by atoms with E-state index in [9.17, 15) is 0 Å². The second kappa shape index (κ2) is 9.74. The molecule has 78 valence electrons. The Hall–Kier alpha value is -0.350. The van der Waals surface area contributed by atoms with Crippen molar-refractivity contribution in [1.82, 2.24) is 10.6 Å². The van der Waals surface area contributed by atoms with Gasteiger partial charge in [0.1, 0.15) is 0 Å². The van der Waals surface area contributed by atoms with Crippen LogP contribution in [0.2, 0.25) is 0 Å². The van der Waals surface area contributed by atoms with E-state index in [-0.39, 0.29) is 0 Å². The van der Waals surface area contributed by atoms with Crippen molar-refractivity contribution in [1.29, 1.82) is 0 Å². The molecule has 0 unspecified atom stereocenters. The molecule has 0 bridgehead atoms. The molecule has 0 fully saturated rings. The van der Waals surface area contributed by atoms with Gasteiger partial charge in [0.05, 0.1) is 0 Å². The summed E-state index contributed by atoms with van der Waals surface area (Å²) in [5, 5.41) is 6.86. The molecule has 0 saturated carbocycles. The molecule has 0 aliphatic rings. The van der Waals surface area contributed by atoms with Gasteiger partial charge in [0.2, 0.25) is 0 Å². The Bertz CT molecular complexity index is 131. The van der Waals surface area contributed by atoms with Crippen LogP contribution in [0.5, 0.6) is 0 Å². The normalized spacial score (nSPS) is 9.69. The van der Waals surface area contributed by atoms with Gasteiger partial charge < -0.3 is 15.4 Å². The van der Waals surface area contributed by atoms with E-state index in [0.29, 0.717) is 0 Å². The quantitative estimate of drug-likeness (QED) is 0.483. The summed E-state index contributed by atoms with van der Waals surface area (Å²) < 4.78 is 5.32. The molecule has 3 nitrogen and oxygen atoms in total. The van der Waals surface area contributed by atoms with E-state index >= 15 is 0 Å². The Morgan fingerprint density at radius 1 is 1.23 bits per heavy atom. The zero-order valence-corrected chi connectivity index (χ0v) is 9.38. The largest absolute Gasteiger partial charge is 0.381 e. The maximum atomic E-state index is 5.32. The Morgan fingerprint density at radius 3 is 2.62 bits per heavy atom. The zero-order valence-electron chi connectivity index (χ0n) is 8.56. The lowest BCUT2D eigenvalue weighted by Crippen LogP contribution is -2.35. The van der Waals surface area contributed by atoms with Gasteiger partial charge in [0, 0.05) is 26.3 Å². The van der Waals surface area contributed by atoms with Crippen LogP contribution in [-0.2, 0) is 4.74 Å². The van der Waals surface area contributed by atoms with Crippen LogP contribution in [-0.4, -0.2) is 31.4 Å². The van der Waals surface area contributed by atoms with E-state index in [1.165, 1.54) is 0 Å². The number of hydrogen-bond acceptors (Lipinski definition) is 2. The molecule has 13 heavy (non-hydrogen) atoms. The molecule has 2 N–H and O–H groups in total. The highest BCUT2D eigenvalue weighted by atomic mass is 32.1. The Kier molecular flexibility index (Phi) is 9.47. The highest BCUT2D eigenvalue weighted by Crippen LogP contribution is 1.83. The first-order chi connectivity index (χ1) is 6.31. The van der Waals surface area contributed by atoms with Crippen molar-refractivity contribution in [2.24, 2.45) is 0 Å². The molecule has 0 amide bonds. The lowest BCUT2D eigenvalue weighted by molar-refractivity contribution is 0.133. The van der Waals surface area contributed by atoms with Gasteiger partial charge in [-0.2, -0.15) is 0 Å². The first-order valence-corrected chi connectivity index (χ1v) is 5.31. The Labute approximate surface area is 86.2 Å². The maximum Gasteiger partial charge on any atom is 0.166 e. The first kappa shape index (κ1) is 12.7. The molecule has 0 aromatic carbocycles. The molecule has 0 aliphatic carbocycles. The smallest absolute Gasteiger partial charge is 0.166 e. The predicted octanol–water partition coefficient (Wildman–Crippen LogP) is 1.29. The van der Waals surface area contributed by atoms with E-state index in [4.69, 9.17) is 17.0 Å². The van der Waals surface area contributed by atoms with Crippen LogP contribution in [0.4, 0.5) is 0 Å². The average Bonchev–Trinajstić information content (AvgIpc) is 2.11. The van der Waals surface area contributed by atoms with Crippen molar-refractivity contribution in [3.8, 4) is 0 Å². The van der Waals surface area contributed by atoms with Crippen LogP contribution >= 0.6 is 12.2 Å². The van der Waals surface area contributed by atoms with Crippen molar-refractivity contribution in [2.75, 3.05) is 26.3 Å². The van der Waals surface area contributed by atoms with Crippen molar-refractivity contribution >= 4 is 17.3 Å². The molecular weight excluding hydrogens is 184 g/mol. The topological polar surface area (TPSA) is 33.3 Å². The SMILES string of the molecule is CCCOCCCNC(=S)NCC. The Balaban J connectivity index is 3.02. The van der Waals surface area contributed by atoms with Gasteiger partial charge in [-0.15, -0.1) is 0 Å². The fourth-order valence-corrected chi connectivity index (χ4v) is 1.09. The van der Waals surface area contributed by atoms with Crippen molar-refractivity contribution < 1.29 is 4.74 Å². The van der Waals surface area contributed by atoms with Crippen LogP contribution in [0, 0.1) is 0 Å². The summed E-state index contributed by atoms with van der Waals surface area (Å²) >= 11 is 4.99. The standard InChI is InChI=1S/C9H20N2OS/c1-3-7-12-8-5-6-11-9(13)10-4-2/h3-8H2,1-2H3,(H2,10,11,13). The van der Waals surface area contributed by atoms with Crippen LogP contribution < -0.4 is 10.6 Å². The van der Waals surface area contributed by atoms with E-state index in [1.54, 1.807) is 0 Å². The van der Waals surface area contributed by atoms with E-state index in [1.807, 2.05) is 6.92 Å². The van der Waals surface area contributed by atoms with Crippen LogP contribution in [0.3, 0.4) is 0 Å². The molecule has 4 heteroatoms. The zero-order chi connectivity index (χ0) is 9.94. The summed E-state index contributed by atoms with van der Waals surface area (Å²) in [4.78, 5) is 0. The number of rotatable bonds is 7. The molecule has 0 saturated heterocycles. The summed E-state index contributed by atoms with van der Waals surface area (Å²) in [5.41, 5.74) is 0. The highest BCUT2D eigenvalue weighted by Gasteiger charge is 1.91. The van der Waals surface area contributed by atoms with Gasteiger partial charge >= 0.3 is 0 Å². The first-order valence-electron chi connectivity index (χ1n) is 4.90. The number of ether oxygens (including phenoxy) is 1. The number of nitrogens with one attached hydrogen (secondary N) is 2. The van der Waals surface area contributed by atoms with Crippen molar-refractivity contribution in [3.63, 3.8) is 0 Å². The predicted molar refractivity (Wildman–Crippen MR) is 60.0 cm³/mol. The minimum atomic E-state index is 0.734. The average molecular weight is 204 g/mol. The van der Waals surface area contributed by atoms with Gasteiger partial charge in [0.25, 0.3) is 0 Å². The summed E-state index contributed by atoms with van der Waals surface area (Å²) in [7, 11) is 0. The van der Waals surface area contributed by atoms with Crippen molar-refractivity contribution in [3.05, 3.63) is 0 Å². The van der Waals surface area contributed by atoms with Gasteiger partial charge in [-0.25, -0.2) is 0 Å². The third kappa shape index (κ3) is 9.56. The highest BCUT2D eigenvalue weighted by molar-refractivity contribution is 7.80. The van der Waals surface area contributed by atoms with Gasteiger partial charge in [0.15, 0.2) is 5.11 Å². The summed E-state index contributed by atoms with van der Waals surface area (Å²) in [5.74, 6) is 0. The molecular formula is C9H20N2OS. The van der Waals surface area contributed by atoms with Crippen LogP contribution in [0.15, 0.2) is 0 Å². The minimum absolute atomic E-state index is 0.734. The molecule has 0 heterocycles. The van der Waals surface area contributed by atoms with E-state index in [0.717, 1.165) is 44.3 Å². The molecule has 0 rings (SSSR count). The number of thiocarbonyl (C=S) groups is 1. The molecule has 0 aromatic heterocycles. The van der Waals surface area contributed by atoms with E-state index < -0.39 is 0 Å². The fourth-order valence-electron chi connectivity index (χ4n) is 0.846. The molecule has 0 radical (unpaired) electrons. The van der Waals surface area contributed by atoms with E-state index in [2.05, 4.69) is 17.6 Å². The second-order valence-corrected chi connectivity index (χ2v) is 3.16. The molecule has 0 aromatic rings. The van der Waals surface area contributed by atoms with Crippen LogP contribution in [0.25, 0.3) is 0 Å². The third-order valence-corrected chi connectivity index (χ3v) is 1.73. The molecule has 0 spiro atoms. The minimum Gasteiger partial charge on any atom is -0.381 e. The van der Waals surface area contributed by atoms with Gasteiger partial charge in [-0.1, -0.05) is 6.92 Å². The monoisotopic (exact) mass is 204 g/mol. The lowest BCUT2D eigenvalue weighted by Gasteiger charge is -2.08. The summed E-state index contributed by atoms with van der Waals surface area (Å²) in [6.07, 6.45) is 2.09. The van der Waals surface area contributed by atoms with Crippen LogP contribution in [0.1, 0.15) is 26.7 Å². The number of hydrogen-bond donors (Lipinski definition) is 2. The maximum absolute atomic E-state index is 5.32. The lowest BCUT2D eigenvalue weighted by atomic mass is 10.4. The van der Waals surface area contributed by atoms with Gasteiger partial charge in [-0.3, -0.25) is 0 Å². The third-order valence-electron chi connectivity index (χ3n) is 1.44. The van der Waals surface area contributed by atoms with Crippen molar-refractivity contribution in [2.45, 2.75) is 26.7 Å². The Morgan fingerprint density at radius 2 is 2.00 bits per heavy atom. The molecule has 0 atom stereocenters. The second-order valence-electron chi connectivity index (χ2n) is 2.75. The molecule has 0 aliphatic heterocycles. The summed E-state index contributed by atoms with van der Waals surface area (Å²) in [6.45, 7) is 7.57. The fraction of sp³-hybridized carbons (Fsp3) is 0.889. The van der Waals surface area contributed by atoms with Gasteiger partial charge in [-0.05, 0) is 32.0 Å². The summed E-state index contributed by atoms with van der Waals surface area (Å²) in [6, 6.07) is 0.